The van der Waals surface area contributed by atoms with Crippen molar-refractivity contribution >= 4 is 27.3 Å². The number of hydrogen-bond donors (Lipinski definition) is 1. The van der Waals surface area contributed by atoms with Crippen LogP contribution in [0, 0.1) is 0 Å². The molecule has 2 aromatic carbocycles. The van der Waals surface area contributed by atoms with Gasteiger partial charge < -0.3 is 5.32 Å². The molecule has 5 rings (SSSR count). The lowest BCUT2D eigenvalue weighted by Crippen LogP contribution is -2.34. The average Bonchev–Trinajstić information content (AvgIpc) is 3.42. The van der Waals surface area contributed by atoms with Gasteiger partial charge in [0.15, 0.2) is 5.78 Å². The molecule has 0 bridgehead atoms. The Morgan fingerprint density at radius 2 is 1.74 bits per heavy atom. The maximum atomic E-state index is 13.0. The third kappa shape index (κ3) is 5.10. The number of amides is 1. The van der Waals surface area contributed by atoms with E-state index in [-0.39, 0.29) is 28.6 Å². The van der Waals surface area contributed by atoms with E-state index in [1.165, 1.54) is 21.5 Å². The van der Waals surface area contributed by atoms with Gasteiger partial charge in [0.05, 0.1) is 10.5 Å². The minimum atomic E-state index is -3.61. The van der Waals surface area contributed by atoms with Gasteiger partial charge in [-0.3, -0.25) is 14.5 Å². The van der Waals surface area contributed by atoms with E-state index >= 15 is 0 Å². The molecule has 1 saturated heterocycles. The van der Waals surface area contributed by atoms with Crippen LogP contribution in [0.4, 0.5) is 0 Å². The molecule has 0 atom stereocenters. The Labute approximate surface area is 206 Å². The summed E-state index contributed by atoms with van der Waals surface area (Å²) in [6.45, 7) is 4.33. The molecule has 0 aromatic heterocycles. The summed E-state index contributed by atoms with van der Waals surface area (Å²) in [7, 11) is -3.61. The van der Waals surface area contributed by atoms with E-state index in [0.29, 0.717) is 30.8 Å². The number of nitrogens with one attached hydrogen (secondary N) is 1. The lowest BCUT2D eigenvalue weighted by Gasteiger charge is -2.28. The third-order valence-electron chi connectivity index (χ3n) is 7.14. The van der Waals surface area contributed by atoms with Gasteiger partial charge in [0.2, 0.25) is 10.0 Å². The van der Waals surface area contributed by atoms with Crippen molar-refractivity contribution < 1.29 is 18.0 Å². The van der Waals surface area contributed by atoms with Crippen molar-refractivity contribution in [3.8, 4) is 0 Å². The smallest absolute Gasteiger partial charge is 0.252 e. The van der Waals surface area contributed by atoms with Gasteiger partial charge in [-0.15, -0.1) is 0 Å². The molecule has 1 aliphatic carbocycles. The highest BCUT2D eigenvalue weighted by molar-refractivity contribution is 7.89. The summed E-state index contributed by atoms with van der Waals surface area (Å²) >= 11 is 0. The highest BCUT2D eigenvalue weighted by Crippen LogP contribution is 2.30. The Morgan fingerprint density at radius 1 is 0.971 bits per heavy atom. The minimum Gasteiger partial charge on any atom is -0.352 e. The van der Waals surface area contributed by atoms with Gasteiger partial charge in [-0.1, -0.05) is 30.3 Å². The van der Waals surface area contributed by atoms with E-state index in [2.05, 4.69) is 34.5 Å². The van der Waals surface area contributed by atoms with Crippen LogP contribution < -0.4 is 5.32 Å². The first-order chi connectivity index (χ1) is 16.9. The standard InChI is InChI=1S/C27H31N3O4S/c31-23-16-21-8-9-24(35(33,34)30-13-3-4-14-30)18-25(21)26(17-23)27(32)28-11-5-12-29-15-10-20-6-1-2-7-22(20)19-29/h1-2,6-9,17-18H,3-5,10-16,19H2,(H,28,32). The number of rotatable bonds is 7. The molecule has 7 nitrogen and oxygen atoms in total. The zero-order valence-electron chi connectivity index (χ0n) is 19.8. The van der Waals surface area contributed by atoms with Crippen molar-refractivity contribution in [3.05, 3.63) is 70.8 Å². The lowest BCUT2D eigenvalue weighted by atomic mass is 9.89. The van der Waals surface area contributed by atoms with Gasteiger partial charge >= 0.3 is 0 Å². The quantitative estimate of drug-likeness (QED) is 0.599. The van der Waals surface area contributed by atoms with Crippen molar-refractivity contribution in [2.24, 2.45) is 0 Å². The van der Waals surface area contributed by atoms with Crippen molar-refractivity contribution in [2.45, 2.75) is 43.5 Å². The molecule has 1 fully saturated rings. The summed E-state index contributed by atoms with van der Waals surface area (Å²) in [5.74, 6) is -0.483. The first-order valence-electron chi connectivity index (χ1n) is 12.4. The molecule has 1 amide bonds. The van der Waals surface area contributed by atoms with Crippen molar-refractivity contribution in [1.82, 2.24) is 14.5 Å². The van der Waals surface area contributed by atoms with Crippen molar-refractivity contribution in [2.75, 3.05) is 32.7 Å². The molecule has 3 aliphatic rings. The minimum absolute atomic E-state index is 0.148. The largest absolute Gasteiger partial charge is 0.352 e. The monoisotopic (exact) mass is 493 g/mol. The molecule has 35 heavy (non-hydrogen) atoms. The number of nitrogens with zero attached hydrogens (tertiary/aromatic N) is 2. The zero-order valence-corrected chi connectivity index (χ0v) is 20.6. The molecule has 0 saturated carbocycles. The Kier molecular flexibility index (Phi) is 6.86. The van der Waals surface area contributed by atoms with Gasteiger partial charge in [-0.05, 0) is 66.1 Å². The zero-order chi connectivity index (χ0) is 24.4. The Hall–Kier alpha value is -2.81. The van der Waals surface area contributed by atoms with E-state index in [0.717, 1.165) is 45.3 Å². The van der Waals surface area contributed by atoms with Crippen LogP contribution in [0.25, 0.3) is 5.57 Å². The van der Waals surface area contributed by atoms with Crippen LogP contribution in [0.3, 0.4) is 0 Å². The molecule has 2 heterocycles. The van der Waals surface area contributed by atoms with Crippen molar-refractivity contribution in [1.29, 1.82) is 0 Å². The van der Waals surface area contributed by atoms with E-state index in [4.69, 9.17) is 0 Å². The predicted molar refractivity (Wildman–Crippen MR) is 134 cm³/mol. The maximum absolute atomic E-state index is 13.0. The topological polar surface area (TPSA) is 86.8 Å². The average molecular weight is 494 g/mol. The number of benzene rings is 2. The highest BCUT2D eigenvalue weighted by atomic mass is 32.2. The van der Waals surface area contributed by atoms with Crippen molar-refractivity contribution in [3.63, 3.8) is 0 Å². The summed E-state index contributed by atoms with van der Waals surface area (Å²) < 4.78 is 27.6. The second-order valence-corrected chi connectivity index (χ2v) is 11.5. The predicted octanol–water partition coefficient (Wildman–Crippen LogP) is 2.54. The molecular formula is C27H31N3O4S. The first kappa shape index (κ1) is 23.9. The lowest BCUT2D eigenvalue weighted by molar-refractivity contribution is -0.117. The fourth-order valence-electron chi connectivity index (χ4n) is 5.21. The summed E-state index contributed by atoms with van der Waals surface area (Å²) in [6, 6.07) is 13.3. The number of ketones is 1. The van der Waals surface area contributed by atoms with Crippen LogP contribution in [0.15, 0.2) is 53.4 Å². The molecule has 1 N–H and O–H groups in total. The van der Waals surface area contributed by atoms with Gasteiger partial charge in [0, 0.05) is 45.7 Å². The highest BCUT2D eigenvalue weighted by Gasteiger charge is 2.30. The summed E-state index contributed by atoms with van der Waals surface area (Å²) in [5.41, 5.74) is 4.26. The number of hydrogen-bond acceptors (Lipinski definition) is 5. The summed E-state index contributed by atoms with van der Waals surface area (Å²) in [6.07, 6.45) is 5.08. The fraction of sp³-hybridized carbons (Fsp3) is 0.407. The second kappa shape index (κ2) is 10.0. The van der Waals surface area contributed by atoms with Gasteiger partial charge in [-0.2, -0.15) is 4.31 Å². The van der Waals surface area contributed by atoms with Crippen LogP contribution in [-0.4, -0.2) is 62.0 Å². The van der Waals surface area contributed by atoms with Gasteiger partial charge in [-0.25, -0.2) is 8.42 Å². The molecule has 2 aromatic rings. The molecule has 2 aliphatic heterocycles. The van der Waals surface area contributed by atoms with Gasteiger partial charge in [0.25, 0.3) is 5.91 Å². The number of fused-ring (bicyclic) bond motifs is 2. The molecule has 184 valence electrons. The van der Waals surface area contributed by atoms with E-state index in [1.54, 1.807) is 18.2 Å². The summed E-state index contributed by atoms with van der Waals surface area (Å²) in [5, 5.41) is 2.94. The van der Waals surface area contributed by atoms with E-state index < -0.39 is 10.0 Å². The SMILES string of the molecule is O=C1C=C(C(=O)NCCCN2CCc3ccccc3C2)c2cc(S(=O)(=O)N3CCCC3)ccc2C1. The maximum Gasteiger partial charge on any atom is 0.252 e. The normalized spacial score (nSPS) is 18.6. The fourth-order valence-corrected chi connectivity index (χ4v) is 6.75. The third-order valence-corrected chi connectivity index (χ3v) is 9.03. The molecule has 8 heteroatoms. The van der Waals surface area contributed by atoms with E-state index in [1.807, 2.05) is 0 Å². The van der Waals surface area contributed by atoms with Crippen LogP contribution in [0.1, 0.15) is 41.5 Å². The first-order valence-corrected chi connectivity index (χ1v) is 13.8. The number of sulfonamides is 1. The number of allylic oxidation sites excluding steroid dienone is 1. The number of carbonyl (C=O) groups excluding carboxylic acids is 2. The molecular weight excluding hydrogens is 462 g/mol. The molecule has 0 unspecified atom stereocenters. The number of carbonyl (C=O) groups is 2. The Bertz CT molecular complexity index is 1280. The van der Waals surface area contributed by atoms with Gasteiger partial charge in [0.1, 0.15) is 0 Å². The van der Waals surface area contributed by atoms with Crippen LogP contribution in [-0.2, 0) is 39.0 Å². The Morgan fingerprint density at radius 3 is 2.54 bits per heavy atom. The van der Waals surface area contributed by atoms with Crippen LogP contribution in [0.2, 0.25) is 0 Å². The molecule has 0 radical (unpaired) electrons. The Balaban J connectivity index is 1.23. The van der Waals surface area contributed by atoms with Crippen LogP contribution in [0.5, 0.6) is 0 Å². The van der Waals surface area contributed by atoms with Crippen LogP contribution >= 0.6 is 0 Å². The summed E-state index contributed by atoms with van der Waals surface area (Å²) in [4.78, 5) is 27.9. The molecule has 0 spiro atoms. The van der Waals surface area contributed by atoms with E-state index in [9.17, 15) is 18.0 Å². The second-order valence-electron chi connectivity index (χ2n) is 9.54.